The molecule has 1 saturated carbocycles. The third kappa shape index (κ3) is 5.51. The largest absolute Gasteiger partial charge is 0.474 e. The molecule has 1 aliphatic heterocycles. The van der Waals surface area contributed by atoms with Crippen molar-refractivity contribution in [1.29, 1.82) is 0 Å². The fourth-order valence-corrected chi connectivity index (χ4v) is 5.23. The lowest BCUT2D eigenvalue weighted by Crippen LogP contribution is -2.34. The van der Waals surface area contributed by atoms with Crippen molar-refractivity contribution >= 4 is 5.91 Å². The Bertz CT molecular complexity index is 1560. The molecule has 6 rings (SSSR count). The van der Waals surface area contributed by atoms with Gasteiger partial charge in [-0.05, 0) is 55.8 Å². The van der Waals surface area contributed by atoms with Crippen LogP contribution in [0, 0.1) is 17.7 Å². The van der Waals surface area contributed by atoms with Gasteiger partial charge in [-0.3, -0.25) is 4.79 Å². The number of carbonyl (C=O) groups excluding carboxylic acids is 1. The lowest BCUT2D eigenvalue weighted by molar-refractivity contribution is 0.0749. The first-order valence-corrected chi connectivity index (χ1v) is 13.2. The minimum absolute atomic E-state index is 0.00423. The van der Waals surface area contributed by atoms with E-state index in [-0.39, 0.29) is 46.9 Å². The van der Waals surface area contributed by atoms with Crippen LogP contribution in [0.1, 0.15) is 35.5 Å². The summed E-state index contributed by atoms with van der Waals surface area (Å²) in [5, 5.41) is 4.18. The zero-order valence-electron chi connectivity index (χ0n) is 22.4. The molecule has 1 aromatic carbocycles. The Morgan fingerprint density at radius 2 is 1.80 bits per heavy atom. The molecular formula is C29H28F3N7O2. The molecule has 12 heteroatoms. The minimum atomic E-state index is -2.66. The number of rotatable bonds is 8. The summed E-state index contributed by atoms with van der Waals surface area (Å²) in [7, 11) is 0. The highest BCUT2D eigenvalue weighted by Crippen LogP contribution is 2.48. The number of piperidine rings is 1. The van der Waals surface area contributed by atoms with Crippen molar-refractivity contribution in [3.8, 4) is 23.1 Å². The predicted octanol–water partition coefficient (Wildman–Crippen LogP) is 4.01. The van der Waals surface area contributed by atoms with E-state index < -0.39 is 18.4 Å². The standard InChI is InChI=1S/C29H28F3N7O2/c1-29(2,33)17-10-22(16-4-6-18(30)7-5-16)36-25(11-17)41-26-19-13-38(14-20(19)26)27(40)21-15-39(28-34-8-3-9-35-28)37-23(21)12-24(31)32/h3-11,15,19-20,24,26H,12-14,33H2,1-2H3/t19-,20+,26+. The Morgan fingerprint density at radius 1 is 1.12 bits per heavy atom. The van der Waals surface area contributed by atoms with Crippen molar-refractivity contribution in [2.24, 2.45) is 17.6 Å². The van der Waals surface area contributed by atoms with Gasteiger partial charge >= 0.3 is 0 Å². The van der Waals surface area contributed by atoms with Crippen LogP contribution in [0.15, 0.2) is 61.1 Å². The molecule has 1 saturated heterocycles. The second-order valence-electron chi connectivity index (χ2n) is 11.0. The summed E-state index contributed by atoms with van der Waals surface area (Å²) < 4.78 is 47.6. The maximum atomic E-state index is 13.5. The van der Waals surface area contributed by atoms with Gasteiger partial charge in [0.1, 0.15) is 11.9 Å². The molecule has 1 amide bonds. The van der Waals surface area contributed by atoms with Crippen molar-refractivity contribution in [2.75, 3.05) is 13.1 Å². The van der Waals surface area contributed by atoms with Crippen LogP contribution in [0.4, 0.5) is 13.2 Å². The first-order valence-electron chi connectivity index (χ1n) is 13.2. The number of hydrogen-bond donors (Lipinski definition) is 1. The summed E-state index contributed by atoms with van der Waals surface area (Å²) >= 11 is 0. The van der Waals surface area contributed by atoms with Gasteiger partial charge in [0.15, 0.2) is 0 Å². The number of benzene rings is 1. The predicted molar refractivity (Wildman–Crippen MR) is 143 cm³/mol. The van der Waals surface area contributed by atoms with E-state index in [1.807, 2.05) is 19.9 Å². The van der Waals surface area contributed by atoms with Crippen LogP contribution in [0.3, 0.4) is 0 Å². The molecular weight excluding hydrogens is 535 g/mol. The lowest BCUT2D eigenvalue weighted by atomic mass is 9.95. The van der Waals surface area contributed by atoms with Gasteiger partial charge in [-0.15, -0.1) is 0 Å². The van der Waals surface area contributed by atoms with Gasteiger partial charge in [0.2, 0.25) is 18.3 Å². The summed E-state index contributed by atoms with van der Waals surface area (Å²) in [6.45, 7) is 4.60. The molecule has 2 N–H and O–H groups in total. The topological polar surface area (TPSA) is 112 Å². The number of likely N-dealkylation sites (tertiary alicyclic amines) is 1. The van der Waals surface area contributed by atoms with Crippen LogP contribution in [0.5, 0.6) is 5.88 Å². The Morgan fingerprint density at radius 3 is 2.44 bits per heavy atom. The number of hydrogen-bond acceptors (Lipinski definition) is 7. The summed E-state index contributed by atoms with van der Waals surface area (Å²) in [4.78, 5) is 27.9. The van der Waals surface area contributed by atoms with Gasteiger partial charge < -0.3 is 15.4 Å². The third-order valence-corrected chi connectivity index (χ3v) is 7.47. The third-order valence-electron chi connectivity index (χ3n) is 7.47. The van der Waals surface area contributed by atoms with Gasteiger partial charge in [-0.1, -0.05) is 0 Å². The number of carbonyl (C=O) groups is 1. The fourth-order valence-electron chi connectivity index (χ4n) is 5.23. The molecule has 0 bridgehead atoms. The zero-order chi connectivity index (χ0) is 28.9. The molecule has 2 fully saturated rings. The van der Waals surface area contributed by atoms with Crippen molar-refractivity contribution < 1.29 is 22.7 Å². The van der Waals surface area contributed by atoms with E-state index in [0.29, 0.717) is 24.7 Å². The number of aromatic nitrogens is 5. The second-order valence-corrected chi connectivity index (χ2v) is 11.0. The van der Waals surface area contributed by atoms with Gasteiger partial charge in [-0.2, -0.15) is 5.10 Å². The summed E-state index contributed by atoms with van der Waals surface area (Å²) in [5.74, 6) is 0.0484. The maximum Gasteiger partial charge on any atom is 0.257 e. The van der Waals surface area contributed by atoms with Gasteiger partial charge in [0.25, 0.3) is 5.91 Å². The second kappa shape index (κ2) is 10.3. The van der Waals surface area contributed by atoms with Crippen LogP contribution in [0.25, 0.3) is 17.2 Å². The molecule has 212 valence electrons. The van der Waals surface area contributed by atoms with E-state index in [2.05, 4.69) is 20.1 Å². The molecule has 3 aromatic heterocycles. The van der Waals surface area contributed by atoms with Crippen molar-refractivity contribution in [2.45, 2.75) is 38.3 Å². The highest BCUT2D eigenvalue weighted by atomic mass is 19.3. The first kappa shape index (κ1) is 26.9. The number of halogens is 3. The summed E-state index contributed by atoms with van der Waals surface area (Å²) in [6, 6.07) is 11.3. The molecule has 1 aliphatic carbocycles. The quantitative estimate of drug-likeness (QED) is 0.345. The van der Waals surface area contributed by atoms with E-state index in [0.717, 1.165) is 11.1 Å². The van der Waals surface area contributed by atoms with E-state index >= 15 is 0 Å². The molecule has 0 unspecified atom stereocenters. The smallest absolute Gasteiger partial charge is 0.257 e. The molecule has 4 aromatic rings. The van der Waals surface area contributed by atoms with Crippen LogP contribution < -0.4 is 10.5 Å². The van der Waals surface area contributed by atoms with Crippen LogP contribution in [0.2, 0.25) is 0 Å². The highest BCUT2D eigenvalue weighted by Gasteiger charge is 2.59. The van der Waals surface area contributed by atoms with Gasteiger partial charge in [0.05, 0.1) is 23.4 Å². The van der Waals surface area contributed by atoms with Gasteiger partial charge in [0, 0.05) is 60.7 Å². The average Bonchev–Trinajstić information content (AvgIpc) is 3.26. The highest BCUT2D eigenvalue weighted by molar-refractivity contribution is 5.95. The molecule has 41 heavy (non-hydrogen) atoms. The van der Waals surface area contributed by atoms with Crippen LogP contribution in [-0.2, 0) is 12.0 Å². The summed E-state index contributed by atoms with van der Waals surface area (Å²) in [6.07, 6.45) is 0.970. The van der Waals surface area contributed by atoms with Crippen LogP contribution >= 0.6 is 0 Å². The number of pyridine rings is 1. The Balaban J connectivity index is 1.17. The van der Waals surface area contributed by atoms with E-state index in [9.17, 15) is 18.0 Å². The molecule has 9 nitrogen and oxygen atoms in total. The number of nitrogens with zero attached hydrogens (tertiary/aromatic N) is 6. The van der Waals surface area contributed by atoms with Crippen molar-refractivity contribution in [3.05, 3.63) is 83.7 Å². The molecule has 4 heterocycles. The Hall–Kier alpha value is -4.32. The van der Waals surface area contributed by atoms with E-state index in [1.54, 1.807) is 29.2 Å². The molecule has 0 spiro atoms. The number of ether oxygens (including phenoxy) is 1. The average molecular weight is 564 g/mol. The minimum Gasteiger partial charge on any atom is -0.474 e. The maximum absolute atomic E-state index is 13.5. The summed E-state index contributed by atoms with van der Waals surface area (Å²) in [5.41, 5.74) is 7.99. The monoisotopic (exact) mass is 563 g/mol. The Kier molecular flexibility index (Phi) is 6.72. The number of amides is 1. The first-order chi connectivity index (χ1) is 19.6. The number of nitrogens with two attached hydrogens (primary N) is 1. The molecule has 2 aliphatic rings. The normalized spacial score (nSPS) is 19.9. The zero-order valence-corrected chi connectivity index (χ0v) is 22.4. The Labute approximate surface area is 234 Å². The van der Waals surface area contributed by atoms with Crippen molar-refractivity contribution in [3.63, 3.8) is 0 Å². The SMILES string of the molecule is CC(C)(N)c1cc(O[C@H]2[C@@H]3CN(C(=O)c4cn(-c5ncccn5)nc4CC(F)F)C[C@@H]32)nc(-c2ccc(F)cc2)c1. The number of alkyl halides is 2. The molecule has 3 atom stereocenters. The number of fused-ring (bicyclic) bond motifs is 1. The lowest BCUT2D eigenvalue weighted by Gasteiger charge is -2.22. The van der Waals surface area contributed by atoms with E-state index in [1.165, 1.54) is 35.4 Å². The van der Waals surface area contributed by atoms with Crippen LogP contribution in [-0.4, -0.2) is 61.2 Å². The molecule has 0 radical (unpaired) electrons. The van der Waals surface area contributed by atoms with Crippen molar-refractivity contribution in [1.82, 2.24) is 29.6 Å². The van der Waals surface area contributed by atoms with E-state index in [4.69, 9.17) is 10.5 Å². The van der Waals surface area contributed by atoms with Gasteiger partial charge in [-0.25, -0.2) is 32.8 Å². The fraction of sp³-hybridized carbons (Fsp3) is 0.345.